The van der Waals surface area contributed by atoms with Gasteiger partial charge in [-0.2, -0.15) is 0 Å². The quantitative estimate of drug-likeness (QED) is 0.838. The van der Waals surface area contributed by atoms with Crippen molar-refractivity contribution in [2.45, 2.75) is 38.3 Å². The minimum absolute atomic E-state index is 0.327. The van der Waals surface area contributed by atoms with Crippen molar-refractivity contribution < 1.29 is 4.79 Å². The number of nitrogens with two attached hydrogens (primary N) is 1. The highest BCUT2D eigenvalue weighted by molar-refractivity contribution is 5.94. The molecule has 1 amide bonds. The number of rotatable bonds is 6. The highest BCUT2D eigenvalue weighted by Gasteiger charge is 2.24. The number of likely N-dealkylation sites (tertiary alicyclic amines) is 1. The Kier molecular flexibility index (Phi) is 4.56. The molecule has 0 spiro atoms. The number of piperidine rings is 1. The second-order valence-corrected chi connectivity index (χ2v) is 6.42. The Hall–Kier alpha value is -1.39. The molecule has 0 unspecified atom stereocenters. The van der Waals surface area contributed by atoms with Crippen molar-refractivity contribution in [3.63, 3.8) is 0 Å². The number of benzene rings is 1. The van der Waals surface area contributed by atoms with E-state index in [1.165, 1.54) is 32.2 Å². The van der Waals surface area contributed by atoms with Crippen molar-refractivity contribution in [2.75, 3.05) is 19.6 Å². The number of carbonyl (C=O) groups is 1. The summed E-state index contributed by atoms with van der Waals surface area (Å²) in [6.45, 7) is 4.22. The molecule has 114 valence electrons. The first kappa shape index (κ1) is 14.5. The third kappa shape index (κ3) is 4.05. The second kappa shape index (κ2) is 6.58. The van der Waals surface area contributed by atoms with Gasteiger partial charge in [0.2, 0.25) is 5.91 Å². The smallest absolute Gasteiger partial charge is 0.249 e. The topological polar surface area (TPSA) is 58.4 Å². The van der Waals surface area contributed by atoms with Crippen LogP contribution in [0, 0.1) is 5.92 Å². The second-order valence-electron chi connectivity index (χ2n) is 6.42. The van der Waals surface area contributed by atoms with Crippen molar-refractivity contribution in [2.24, 2.45) is 11.7 Å². The zero-order chi connectivity index (χ0) is 14.7. The van der Waals surface area contributed by atoms with Crippen LogP contribution >= 0.6 is 0 Å². The van der Waals surface area contributed by atoms with E-state index in [0.717, 1.165) is 31.1 Å². The van der Waals surface area contributed by atoms with Crippen LogP contribution in [-0.2, 0) is 6.54 Å². The number of hydrogen-bond acceptors (Lipinski definition) is 3. The summed E-state index contributed by atoms with van der Waals surface area (Å²) in [5.74, 6) is 0.622. The van der Waals surface area contributed by atoms with Crippen molar-refractivity contribution in [3.8, 4) is 0 Å². The van der Waals surface area contributed by atoms with E-state index in [9.17, 15) is 4.79 Å². The van der Waals surface area contributed by atoms with Crippen LogP contribution in [0.2, 0.25) is 0 Å². The molecule has 1 heterocycles. The number of carbonyl (C=O) groups excluding carboxylic acids is 1. The maximum absolute atomic E-state index is 11.5. The van der Waals surface area contributed by atoms with E-state index in [0.29, 0.717) is 11.6 Å². The first-order chi connectivity index (χ1) is 10.2. The summed E-state index contributed by atoms with van der Waals surface area (Å²) in [5, 5.41) is 3.70. The van der Waals surface area contributed by atoms with Gasteiger partial charge in [-0.3, -0.25) is 9.69 Å². The highest BCUT2D eigenvalue weighted by Crippen LogP contribution is 2.28. The molecule has 2 aliphatic rings. The van der Waals surface area contributed by atoms with Crippen molar-refractivity contribution in [3.05, 3.63) is 35.4 Å². The van der Waals surface area contributed by atoms with Gasteiger partial charge in [0.05, 0.1) is 0 Å². The van der Waals surface area contributed by atoms with Gasteiger partial charge in [0.1, 0.15) is 0 Å². The maximum Gasteiger partial charge on any atom is 0.249 e. The number of hydrogen-bond donors (Lipinski definition) is 2. The summed E-state index contributed by atoms with van der Waals surface area (Å²) in [5.41, 5.74) is 7.16. The fourth-order valence-electron chi connectivity index (χ4n) is 3.09. The van der Waals surface area contributed by atoms with E-state index in [1.807, 2.05) is 24.3 Å². The number of primary amides is 1. The van der Waals surface area contributed by atoms with Gasteiger partial charge in [0, 0.05) is 18.2 Å². The summed E-state index contributed by atoms with van der Waals surface area (Å²) in [6.07, 6.45) is 5.22. The number of amides is 1. The molecule has 1 aromatic rings. The van der Waals surface area contributed by atoms with Gasteiger partial charge in [0.15, 0.2) is 0 Å². The van der Waals surface area contributed by atoms with Gasteiger partial charge >= 0.3 is 0 Å². The Morgan fingerprint density at radius 1 is 1.19 bits per heavy atom. The van der Waals surface area contributed by atoms with Crippen LogP contribution < -0.4 is 11.1 Å². The molecule has 0 aromatic heterocycles. The van der Waals surface area contributed by atoms with Gasteiger partial charge in [0.25, 0.3) is 0 Å². The Balaban J connectivity index is 1.49. The van der Waals surface area contributed by atoms with E-state index < -0.39 is 0 Å². The molecule has 3 N–H and O–H groups in total. The summed E-state index contributed by atoms with van der Waals surface area (Å²) in [4.78, 5) is 13.9. The van der Waals surface area contributed by atoms with Crippen LogP contribution in [0.4, 0.5) is 0 Å². The van der Waals surface area contributed by atoms with Crippen molar-refractivity contribution in [1.82, 2.24) is 10.2 Å². The third-order valence-electron chi connectivity index (χ3n) is 4.66. The fourth-order valence-corrected chi connectivity index (χ4v) is 3.09. The molecule has 0 radical (unpaired) electrons. The van der Waals surface area contributed by atoms with Crippen LogP contribution in [-0.4, -0.2) is 36.5 Å². The molecule has 0 atom stereocenters. The van der Waals surface area contributed by atoms with Gasteiger partial charge in [-0.1, -0.05) is 18.2 Å². The lowest BCUT2D eigenvalue weighted by molar-refractivity contribution is 0.0997. The molecule has 1 saturated heterocycles. The van der Waals surface area contributed by atoms with Gasteiger partial charge < -0.3 is 11.1 Å². The summed E-state index contributed by atoms with van der Waals surface area (Å²) < 4.78 is 0. The predicted octanol–water partition coefficient (Wildman–Crippen LogP) is 1.75. The Morgan fingerprint density at radius 2 is 1.90 bits per heavy atom. The lowest BCUT2D eigenvalue weighted by Crippen LogP contribution is -2.42. The van der Waals surface area contributed by atoms with Gasteiger partial charge in [-0.25, -0.2) is 0 Å². The van der Waals surface area contributed by atoms with Crippen LogP contribution in [0.25, 0.3) is 0 Å². The zero-order valence-electron chi connectivity index (χ0n) is 12.6. The third-order valence-corrected chi connectivity index (χ3v) is 4.66. The average Bonchev–Trinajstić information content (AvgIpc) is 3.31. The molecule has 4 heteroatoms. The molecule has 21 heavy (non-hydrogen) atoms. The summed E-state index contributed by atoms with van der Waals surface area (Å²) in [7, 11) is 0. The molecular weight excluding hydrogens is 262 g/mol. The predicted molar refractivity (Wildman–Crippen MR) is 84.0 cm³/mol. The minimum atomic E-state index is -0.327. The normalized spacial score (nSPS) is 20.6. The molecule has 1 aliphatic carbocycles. The molecule has 4 nitrogen and oxygen atoms in total. The van der Waals surface area contributed by atoms with Crippen LogP contribution in [0.3, 0.4) is 0 Å². The van der Waals surface area contributed by atoms with Gasteiger partial charge in [-0.15, -0.1) is 0 Å². The SMILES string of the molecule is NC(=O)c1ccccc1CN1CCC(NCC2CC2)CC1. The van der Waals surface area contributed by atoms with E-state index >= 15 is 0 Å². The minimum Gasteiger partial charge on any atom is -0.366 e. The molecule has 1 aliphatic heterocycles. The van der Waals surface area contributed by atoms with E-state index in [2.05, 4.69) is 10.2 Å². The summed E-state index contributed by atoms with van der Waals surface area (Å²) >= 11 is 0. The van der Waals surface area contributed by atoms with Gasteiger partial charge in [-0.05, 0) is 62.9 Å². The fraction of sp³-hybridized carbons (Fsp3) is 0.588. The molecular formula is C17H25N3O. The lowest BCUT2D eigenvalue weighted by atomic mass is 10.0. The van der Waals surface area contributed by atoms with Crippen LogP contribution in [0.1, 0.15) is 41.6 Å². The van der Waals surface area contributed by atoms with Crippen molar-refractivity contribution in [1.29, 1.82) is 0 Å². The van der Waals surface area contributed by atoms with E-state index in [4.69, 9.17) is 5.73 Å². The summed E-state index contributed by atoms with van der Waals surface area (Å²) in [6, 6.07) is 8.36. The molecule has 0 bridgehead atoms. The first-order valence-corrected chi connectivity index (χ1v) is 8.06. The van der Waals surface area contributed by atoms with Crippen LogP contribution in [0.15, 0.2) is 24.3 Å². The van der Waals surface area contributed by atoms with Crippen LogP contribution in [0.5, 0.6) is 0 Å². The highest BCUT2D eigenvalue weighted by atomic mass is 16.1. The Bertz CT molecular complexity index is 491. The monoisotopic (exact) mass is 287 g/mol. The largest absolute Gasteiger partial charge is 0.366 e. The zero-order valence-corrected chi connectivity index (χ0v) is 12.6. The number of nitrogens with one attached hydrogen (secondary N) is 1. The molecule has 2 fully saturated rings. The Morgan fingerprint density at radius 3 is 2.57 bits per heavy atom. The van der Waals surface area contributed by atoms with E-state index in [1.54, 1.807) is 0 Å². The first-order valence-electron chi connectivity index (χ1n) is 8.06. The van der Waals surface area contributed by atoms with Crippen molar-refractivity contribution >= 4 is 5.91 Å². The molecule has 3 rings (SSSR count). The molecule has 1 saturated carbocycles. The Labute approximate surface area is 126 Å². The lowest BCUT2D eigenvalue weighted by Gasteiger charge is -2.32. The average molecular weight is 287 g/mol. The van der Waals surface area contributed by atoms with E-state index in [-0.39, 0.29) is 5.91 Å². The number of nitrogens with zero attached hydrogens (tertiary/aromatic N) is 1. The standard InChI is InChI=1S/C17H25N3O/c18-17(21)16-4-2-1-3-14(16)12-20-9-7-15(8-10-20)19-11-13-5-6-13/h1-4,13,15,19H,5-12H2,(H2,18,21). The maximum atomic E-state index is 11.5. The molecule has 1 aromatic carbocycles.